The van der Waals surface area contributed by atoms with E-state index in [1.807, 2.05) is 54.6 Å². The Morgan fingerprint density at radius 3 is 2.42 bits per heavy atom. The Bertz CT molecular complexity index is 947. The van der Waals surface area contributed by atoms with Crippen LogP contribution in [0, 0.1) is 0 Å². The molecule has 0 radical (unpaired) electrons. The van der Waals surface area contributed by atoms with Gasteiger partial charge in [0, 0.05) is 6.42 Å². The molecule has 0 saturated heterocycles. The molecular weight excluding hydrogens is 420 g/mol. The Hall–Kier alpha value is -3.35. The van der Waals surface area contributed by atoms with E-state index in [-0.39, 0.29) is 13.2 Å². The van der Waals surface area contributed by atoms with Crippen molar-refractivity contribution in [2.24, 2.45) is 0 Å². The molecule has 3 rings (SSSR count). The molecule has 0 bridgehead atoms. The highest BCUT2D eigenvalue weighted by Crippen LogP contribution is 2.25. The summed E-state index contributed by atoms with van der Waals surface area (Å²) >= 11 is 0. The Labute approximate surface area is 194 Å². The van der Waals surface area contributed by atoms with E-state index in [0.717, 1.165) is 42.4 Å². The summed E-state index contributed by atoms with van der Waals surface area (Å²) in [4.78, 5) is 39.3. The second-order valence-corrected chi connectivity index (χ2v) is 8.41. The average molecular weight is 453 g/mol. The maximum Gasteiger partial charge on any atom is 0.411 e. The van der Waals surface area contributed by atoms with Crippen LogP contribution in [0.4, 0.5) is 4.79 Å². The van der Waals surface area contributed by atoms with Crippen LogP contribution in [-0.2, 0) is 33.9 Å². The quantitative estimate of drug-likeness (QED) is 0.524. The van der Waals surface area contributed by atoms with Gasteiger partial charge in [-0.25, -0.2) is 9.59 Å². The number of hydrogen-bond acceptors (Lipinski definition) is 4. The second-order valence-electron chi connectivity index (χ2n) is 8.41. The normalized spacial score (nSPS) is 15.9. The molecule has 176 valence electrons. The number of aliphatic carboxylic acids is 1. The molecule has 2 N–H and O–H groups in total. The fourth-order valence-electron chi connectivity index (χ4n) is 4.05. The highest BCUT2D eigenvalue weighted by molar-refractivity contribution is 5.89. The molecule has 2 aromatic rings. The van der Waals surface area contributed by atoms with Crippen LogP contribution in [0.2, 0.25) is 0 Å². The first-order valence-corrected chi connectivity index (χ1v) is 11.6. The number of carbonyl (C=O) groups excluding carboxylic acids is 2. The summed E-state index contributed by atoms with van der Waals surface area (Å²) in [5, 5.41) is 12.3. The van der Waals surface area contributed by atoms with Crippen molar-refractivity contribution in [1.82, 2.24) is 10.2 Å². The highest BCUT2D eigenvalue weighted by Gasteiger charge is 2.37. The van der Waals surface area contributed by atoms with Gasteiger partial charge in [-0.3, -0.25) is 9.69 Å². The van der Waals surface area contributed by atoms with Crippen molar-refractivity contribution in [3.8, 4) is 0 Å². The van der Waals surface area contributed by atoms with Crippen molar-refractivity contribution >= 4 is 18.0 Å². The largest absolute Gasteiger partial charge is 0.480 e. The van der Waals surface area contributed by atoms with E-state index in [4.69, 9.17) is 4.74 Å². The molecule has 1 heterocycles. The van der Waals surface area contributed by atoms with Gasteiger partial charge >= 0.3 is 12.1 Å². The minimum absolute atomic E-state index is 0.0986. The van der Waals surface area contributed by atoms with Crippen molar-refractivity contribution in [2.45, 2.75) is 70.7 Å². The standard InChI is InChI=1S/C26H32N2O5/c1-2-3-4-8-15-22(25(30)31)27-24(29)23-16-20-13-9-10-14-21(20)17-28(23)26(32)33-18-19-11-6-5-7-12-19/h5-7,9-14,22-23H,2-4,8,15-18H2,1H3,(H,27,29)(H,30,31)/t22-,23+/m1/s1. The number of unbranched alkanes of at least 4 members (excludes halogenated alkanes) is 3. The van der Waals surface area contributed by atoms with Crippen LogP contribution in [-0.4, -0.2) is 40.1 Å². The van der Waals surface area contributed by atoms with Crippen molar-refractivity contribution in [3.05, 3.63) is 71.3 Å². The minimum Gasteiger partial charge on any atom is -0.480 e. The predicted molar refractivity (Wildman–Crippen MR) is 124 cm³/mol. The average Bonchev–Trinajstić information content (AvgIpc) is 2.84. The molecule has 7 nitrogen and oxygen atoms in total. The first-order chi connectivity index (χ1) is 16.0. The number of carbonyl (C=O) groups is 3. The summed E-state index contributed by atoms with van der Waals surface area (Å²) in [6.07, 6.45) is 3.80. The van der Waals surface area contributed by atoms with Crippen LogP contribution < -0.4 is 5.32 Å². The fourth-order valence-corrected chi connectivity index (χ4v) is 4.05. The zero-order valence-corrected chi connectivity index (χ0v) is 19.0. The number of carboxylic acid groups (broad SMARTS) is 1. The number of hydrogen-bond donors (Lipinski definition) is 2. The monoisotopic (exact) mass is 452 g/mol. The van der Waals surface area contributed by atoms with Gasteiger partial charge in [0.2, 0.25) is 5.91 Å². The number of nitrogens with one attached hydrogen (secondary N) is 1. The lowest BCUT2D eigenvalue weighted by molar-refractivity contribution is -0.143. The van der Waals surface area contributed by atoms with Gasteiger partial charge in [0.15, 0.2) is 0 Å². The van der Waals surface area contributed by atoms with Crippen molar-refractivity contribution in [2.75, 3.05) is 0 Å². The van der Waals surface area contributed by atoms with Crippen LogP contribution in [0.1, 0.15) is 55.7 Å². The van der Waals surface area contributed by atoms with E-state index in [0.29, 0.717) is 12.8 Å². The lowest BCUT2D eigenvalue weighted by Gasteiger charge is -2.35. The molecule has 2 aromatic carbocycles. The molecule has 2 amide bonds. The zero-order valence-electron chi connectivity index (χ0n) is 19.0. The molecule has 33 heavy (non-hydrogen) atoms. The number of amides is 2. The zero-order chi connectivity index (χ0) is 23.6. The molecule has 0 aliphatic carbocycles. The Morgan fingerprint density at radius 2 is 1.73 bits per heavy atom. The fraction of sp³-hybridized carbons (Fsp3) is 0.423. The number of nitrogens with zero attached hydrogens (tertiary/aromatic N) is 1. The molecule has 0 saturated carbocycles. The SMILES string of the molecule is CCCCCC[C@@H](NC(=O)[C@@H]1Cc2ccccc2CN1C(=O)OCc1ccccc1)C(=O)O. The van der Waals surface area contributed by atoms with Crippen LogP contribution in [0.25, 0.3) is 0 Å². The van der Waals surface area contributed by atoms with Crippen LogP contribution in [0.3, 0.4) is 0 Å². The lowest BCUT2D eigenvalue weighted by atomic mass is 9.93. The number of fused-ring (bicyclic) bond motifs is 1. The highest BCUT2D eigenvalue weighted by atomic mass is 16.6. The summed E-state index contributed by atoms with van der Waals surface area (Å²) in [7, 11) is 0. The van der Waals surface area contributed by atoms with Gasteiger partial charge in [0.25, 0.3) is 0 Å². The number of benzene rings is 2. The van der Waals surface area contributed by atoms with Gasteiger partial charge in [-0.05, 0) is 23.1 Å². The topological polar surface area (TPSA) is 95.9 Å². The first kappa shape index (κ1) is 24.3. The number of ether oxygens (including phenoxy) is 1. The molecule has 0 unspecified atom stereocenters. The van der Waals surface area contributed by atoms with Gasteiger partial charge in [-0.2, -0.15) is 0 Å². The first-order valence-electron chi connectivity index (χ1n) is 11.6. The molecule has 1 aliphatic rings. The Kier molecular flexibility index (Phi) is 8.87. The minimum atomic E-state index is -1.06. The molecule has 7 heteroatoms. The van der Waals surface area contributed by atoms with Crippen molar-refractivity contribution in [1.29, 1.82) is 0 Å². The van der Waals surface area contributed by atoms with Crippen LogP contribution >= 0.6 is 0 Å². The molecule has 1 aliphatic heterocycles. The summed E-state index contributed by atoms with van der Waals surface area (Å²) in [5.41, 5.74) is 2.77. The van der Waals surface area contributed by atoms with Crippen LogP contribution in [0.15, 0.2) is 54.6 Å². The molecular formula is C26H32N2O5. The van der Waals surface area contributed by atoms with E-state index in [9.17, 15) is 19.5 Å². The van der Waals surface area contributed by atoms with E-state index in [1.54, 1.807) is 0 Å². The maximum absolute atomic E-state index is 13.2. The maximum atomic E-state index is 13.2. The molecule has 0 fully saturated rings. The van der Waals surface area contributed by atoms with Gasteiger partial charge in [-0.1, -0.05) is 87.2 Å². The predicted octanol–water partition coefficient (Wildman–Crippen LogP) is 4.29. The van der Waals surface area contributed by atoms with Gasteiger partial charge in [-0.15, -0.1) is 0 Å². The van der Waals surface area contributed by atoms with E-state index < -0.39 is 30.1 Å². The third-order valence-electron chi connectivity index (χ3n) is 5.95. The number of rotatable bonds is 10. The van der Waals surface area contributed by atoms with Crippen molar-refractivity contribution in [3.63, 3.8) is 0 Å². The number of carboxylic acids is 1. The lowest BCUT2D eigenvalue weighted by Crippen LogP contribution is -2.55. The van der Waals surface area contributed by atoms with E-state index in [1.165, 1.54) is 4.90 Å². The van der Waals surface area contributed by atoms with Crippen molar-refractivity contribution < 1.29 is 24.2 Å². The smallest absolute Gasteiger partial charge is 0.411 e. The summed E-state index contributed by atoms with van der Waals surface area (Å²) in [6.45, 7) is 2.42. The molecule has 2 atom stereocenters. The Morgan fingerprint density at radius 1 is 1.03 bits per heavy atom. The molecule has 0 spiro atoms. The summed E-state index contributed by atoms with van der Waals surface area (Å²) < 4.78 is 5.50. The van der Waals surface area contributed by atoms with Gasteiger partial charge in [0.1, 0.15) is 18.7 Å². The van der Waals surface area contributed by atoms with Gasteiger partial charge in [0.05, 0.1) is 6.54 Å². The Balaban J connectivity index is 1.71. The summed E-state index contributed by atoms with van der Waals surface area (Å²) in [5.74, 6) is -1.53. The van der Waals surface area contributed by atoms with E-state index >= 15 is 0 Å². The van der Waals surface area contributed by atoms with E-state index in [2.05, 4.69) is 12.2 Å². The second kappa shape index (κ2) is 12.0. The third kappa shape index (κ3) is 6.81. The van der Waals surface area contributed by atoms with Gasteiger partial charge < -0.3 is 15.2 Å². The third-order valence-corrected chi connectivity index (χ3v) is 5.95. The molecule has 0 aromatic heterocycles. The van der Waals surface area contributed by atoms with Crippen LogP contribution in [0.5, 0.6) is 0 Å². The summed E-state index contributed by atoms with van der Waals surface area (Å²) in [6, 6.07) is 15.2.